The van der Waals surface area contributed by atoms with Crippen LogP contribution < -0.4 is 11.2 Å². The Morgan fingerprint density at radius 2 is 2.29 bits per heavy atom. The summed E-state index contributed by atoms with van der Waals surface area (Å²) in [7, 11) is 0. The molecule has 0 aromatic heterocycles. The molecule has 0 saturated heterocycles. The lowest BCUT2D eigenvalue weighted by Gasteiger charge is -2.13. The Kier molecular flexibility index (Phi) is 5.66. The van der Waals surface area contributed by atoms with Crippen molar-refractivity contribution in [1.82, 2.24) is 5.48 Å². The zero-order chi connectivity index (χ0) is 12.7. The topological polar surface area (TPSA) is 64.3 Å². The number of hydrogen-bond donors (Lipinski definition) is 2. The zero-order valence-corrected chi connectivity index (χ0v) is 10.4. The normalized spacial score (nSPS) is 12.4. The largest absolute Gasteiger partial charge is 0.368 e. The molecule has 4 heteroatoms. The Bertz CT molecular complexity index is 366. The minimum Gasteiger partial charge on any atom is -0.368 e. The first kappa shape index (κ1) is 13.7. The van der Waals surface area contributed by atoms with Gasteiger partial charge in [0.05, 0.1) is 0 Å². The summed E-state index contributed by atoms with van der Waals surface area (Å²) in [4.78, 5) is 15.4. The van der Waals surface area contributed by atoms with Crippen molar-refractivity contribution in [2.75, 3.05) is 6.61 Å². The molecular weight excluding hydrogens is 216 g/mol. The Morgan fingerprint density at radius 1 is 1.53 bits per heavy atom. The third kappa shape index (κ3) is 6.04. The van der Waals surface area contributed by atoms with Crippen molar-refractivity contribution in [2.45, 2.75) is 32.7 Å². The second-order valence-corrected chi connectivity index (χ2v) is 4.30. The van der Waals surface area contributed by atoms with E-state index in [0.29, 0.717) is 0 Å². The minimum atomic E-state index is -0.469. The smallest absolute Gasteiger partial charge is 0.245 e. The maximum atomic E-state index is 10.5. The highest BCUT2D eigenvalue weighted by atomic mass is 16.6. The maximum absolute atomic E-state index is 10.5. The van der Waals surface area contributed by atoms with E-state index in [9.17, 15) is 4.79 Å². The molecule has 1 unspecified atom stereocenters. The van der Waals surface area contributed by atoms with E-state index in [2.05, 4.69) is 36.7 Å². The second kappa shape index (κ2) is 7.04. The fraction of sp³-hybridized carbons (Fsp3) is 0.462. The fourth-order valence-corrected chi connectivity index (χ4v) is 1.56. The predicted octanol–water partition coefficient (Wildman–Crippen LogP) is 1.32. The first-order valence-electron chi connectivity index (χ1n) is 5.79. The molecule has 0 aliphatic heterocycles. The maximum Gasteiger partial charge on any atom is 0.245 e. The van der Waals surface area contributed by atoms with Crippen molar-refractivity contribution >= 4 is 5.91 Å². The van der Waals surface area contributed by atoms with Gasteiger partial charge in [-0.3, -0.25) is 9.63 Å². The molecule has 0 aliphatic rings. The van der Waals surface area contributed by atoms with Crippen LogP contribution in [0.15, 0.2) is 24.3 Å². The van der Waals surface area contributed by atoms with Crippen molar-refractivity contribution in [2.24, 2.45) is 5.73 Å². The van der Waals surface area contributed by atoms with Gasteiger partial charge < -0.3 is 5.73 Å². The van der Waals surface area contributed by atoms with Crippen molar-refractivity contribution in [3.63, 3.8) is 0 Å². The Hall–Kier alpha value is -1.39. The van der Waals surface area contributed by atoms with Crippen LogP contribution in [-0.2, 0) is 16.1 Å². The van der Waals surface area contributed by atoms with E-state index in [4.69, 9.17) is 10.6 Å². The highest BCUT2D eigenvalue weighted by Gasteiger charge is 2.03. The van der Waals surface area contributed by atoms with Gasteiger partial charge in [-0.1, -0.05) is 29.8 Å². The summed E-state index contributed by atoms with van der Waals surface area (Å²) in [5.74, 6) is -0.469. The number of carbonyl (C=O) groups excluding carboxylic acids is 1. The molecule has 1 rings (SSSR count). The predicted molar refractivity (Wildman–Crippen MR) is 67.2 cm³/mol. The summed E-state index contributed by atoms with van der Waals surface area (Å²) in [6.07, 6.45) is 1.93. The Morgan fingerprint density at radius 3 is 2.94 bits per heavy atom. The van der Waals surface area contributed by atoms with Crippen LogP contribution in [0.2, 0.25) is 0 Å². The molecule has 3 N–H and O–H groups in total. The molecule has 4 nitrogen and oxygen atoms in total. The number of nitrogens with one attached hydrogen (secondary N) is 1. The Balaban J connectivity index is 2.23. The minimum absolute atomic E-state index is 0.0885. The van der Waals surface area contributed by atoms with Gasteiger partial charge in [0.1, 0.15) is 6.61 Å². The van der Waals surface area contributed by atoms with Crippen LogP contribution in [0.4, 0.5) is 0 Å². The standard InChI is InChI=1S/C13H20N2O2/c1-10-4-3-5-12(8-10)7-6-11(2)15-17-9-13(14)16/h3-5,8,11,15H,6-7,9H2,1-2H3,(H2,14,16). The average Bonchev–Trinajstić information content (AvgIpc) is 2.26. The number of hydroxylamine groups is 1. The average molecular weight is 236 g/mol. The highest BCUT2D eigenvalue weighted by molar-refractivity contribution is 5.74. The van der Waals surface area contributed by atoms with Crippen molar-refractivity contribution in [1.29, 1.82) is 0 Å². The van der Waals surface area contributed by atoms with E-state index in [1.54, 1.807) is 0 Å². The van der Waals surface area contributed by atoms with E-state index in [-0.39, 0.29) is 12.6 Å². The number of benzene rings is 1. The van der Waals surface area contributed by atoms with Crippen molar-refractivity contribution in [3.8, 4) is 0 Å². The second-order valence-electron chi connectivity index (χ2n) is 4.30. The van der Waals surface area contributed by atoms with Gasteiger partial charge in [0, 0.05) is 6.04 Å². The van der Waals surface area contributed by atoms with E-state index in [0.717, 1.165) is 12.8 Å². The molecule has 1 amide bonds. The van der Waals surface area contributed by atoms with Crippen LogP contribution in [0.25, 0.3) is 0 Å². The summed E-state index contributed by atoms with van der Waals surface area (Å²) in [6.45, 7) is 4.01. The summed E-state index contributed by atoms with van der Waals surface area (Å²) >= 11 is 0. The lowest BCUT2D eigenvalue weighted by molar-refractivity contribution is -0.126. The third-order valence-corrected chi connectivity index (χ3v) is 2.45. The first-order chi connectivity index (χ1) is 8.08. The van der Waals surface area contributed by atoms with Crippen molar-refractivity contribution < 1.29 is 9.63 Å². The van der Waals surface area contributed by atoms with E-state index >= 15 is 0 Å². The lowest BCUT2D eigenvalue weighted by atomic mass is 10.0. The number of aryl methyl sites for hydroxylation is 2. The number of rotatable bonds is 7. The van der Waals surface area contributed by atoms with Crippen LogP contribution in [0.5, 0.6) is 0 Å². The van der Waals surface area contributed by atoms with Gasteiger partial charge in [-0.05, 0) is 32.3 Å². The van der Waals surface area contributed by atoms with Gasteiger partial charge in [-0.2, -0.15) is 5.48 Å². The molecular formula is C13H20N2O2. The lowest BCUT2D eigenvalue weighted by Crippen LogP contribution is -2.31. The fourth-order valence-electron chi connectivity index (χ4n) is 1.56. The van der Waals surface area contributed by atoms with Crippen LogP contribution in [0, 0.1) is 6.92 Å². The van der Waals surface area contributed by atoms with Crippen molar-refractivity contribution in [3.05, 3.63) is 35.4 Å². The number of amides is 1. The number of nitrogens with two attached hydrogens (primary N) is 1. The SMILES string of the molecule is Cc1cccc(CCC(C)NOCC(N)=O)c1. The van der Waals surface area contributed by atoms with Gasteiger partial charge in [0.25, 0.3) is 0 Å². The van der Waals surface area contributed by atoms with E-state index in [1.807, 2.05) is 6.92 Å². The summed E-state index contributed by atoms with van der Waals surface area (Å²) in [6, 6.07) is 8.63. The molecule has 17 heavy (non-hydrogen) atoms. The first-order valence-corrected chi connectivity index (χ1v) is 5.79. The Labute approximate surface area is 102 Å². The number of carbonyl (C=O) groups is 1. The molecule has 1 atom stereocenters. The molecule has 0 aliphatic carbocycles. The van der Waals surface area contributed by atoms with Crippen LogP contribution >= 0.6 is 0 Å². The molecule has 1 aromatic carbocycles. The molecule has 0 bridgehead atoms. The molecule has 0 spiro atoms. The quantitative estimate of drug-likeness (QED) is 0.702. The van der Waals surface area contributed by atoms with Crippen LogP contribution in [0.1, 0.15) is 24.5 Å². The van der Waals surface area contributed by atoms with Crippen LogP contribution in [0.3, 0.4) is 0 Å². The van der Waals surface area contributed by atoms with E-state index in [1.165, 1.54) is 11.1 Å². The molecule has 0 fully saturated rings. The number of hydrogen-bond acceptors (Lipinski definition) is 3. The molecule has 0 heterocycles. The van der Waals surface area contributed by atoms with E-state index < -0.39 is 5.91 Å². The zero-order valence-electron chi connectivity index (χ0n) is 10.4. The van der Waals surface area contributed by atoms with Gasteiger partial charge in [-0.25, -0.2) is 0 Å². The van der Waals surface area contributed by atoms with Gasteiger partial charge >= 0.3 is 0 Å². The van der Waals surface area contributed by atoms with Gasteiger partial charge in [-0.15, -0.1) is 0 Å². The summed E-state index contributed by atoms with van der Waals surface area (Å²) in [5, 5.41) is 0. The molecule has 0 saturated carbocycles. The highest BCUT2D eigenvalue weighted by Crippen LogP contribution is 2.07. The van der Waals surface area contributed by atoms with Crippen LogP contribution in [-0.4, -0.2) is 18.6 Å². The monoisotopic (exact) mass is 236 g/mol. The summed E-state index contributed by atoms with van der Waals surface area (Å²) < 4.78 is 0. The molecule has 1 aromatic rings. The number of primary amides is 1. The summed E-state index contributed by atoms with van der Waals surface area (Å²) in [5.41, 5.74) is 10.3. The van der Waals surface area contributed by atoms with Gasteiger partial charge in [0.15, 0.2) is 0 Å². The molecule has 0 radical (unpaired) electrons. The molecule has 94 valence electrons. The van der Waals surface area contributed by atoms with Gasteiger partial charge in [0.2, 0.25) is 5.91 Å². The third-order valence-electron chi connectivity index (χ3n) is 2.45.